The van der Waals surface area contributed by atoms with Crippen molar-refractivity contribution in [3.8, 4) is 0 Å². The zero-order chi connectivity index (χ0) is 4.99. The van der Waals surface area contributed by atoms with Gasteiger partial charge in [0.15, 0.2) is 0 Å². The van der Waals surface area contributed by atoms with E-state index in [1.54, 1.807) is 0 Å². The van der Waals surface area contributed by atoms with Crippen LogP contribution in [0, 0.1) is 6.92 Å². The summed E-state index contributed by atoms with van der Waals surface area (Å²) in [6.07, 6.45) is -1.02. The first kappa shape index (κ1) is 5.27. The lowest BCUT2D eigenvalue weighted by atomic mass is 10.9. The Morgan fingerprint density at radius 3 is 2.50 bits per heavy atom. The molecule has 0 aromatic heterocycles. The second-order valence-corrected chi connectivity index (χ2v) is 0.636. The van der Waals surface area contributed by atoms with E-state index in [0.717, 1.165) is 0 Å². The van der Waals surface area contributed by atoms with Crippen LogP contribution in [-0.2, 0) is 4.74 Å². The monoisotopic (exact) mass is 87.0 g/mol. The first-order valence-electron chi connectivity index (χ1n) is 1.45. The molecule has 0 heterocycles. The Bertz CT molecular complexity index is 52.8. The van der Waals surface area contributed by atoms with E-state index in [4.69, 9.17) is 5.73 Å². The third-order valence-electron chi connectivity index (χ3n) is 0.233. The third kappa shape index (κ3) is 3.27. The molecule has 0 saturated heterocycles. The highest BCUT2D eigenvalue weighted by atomic mass is 16.5. The van der Waals surface area contributed by atoms with Crippen molar-refractivity contribution in [2.24, 2.45) is 0 Å². The lowest BCUT2D eigenvalue weighted by Gasteiger charge is -1.87. The van der Waals surface area contributed by atoms with Crippen molar-refractivity contribution < 1.29 is 9.53 Å². The predicted molar refractivity (Wildman–Crippen MR) is 19.8 cm³/mol. The van der Waals surface area contributed by atoms with Gasteiger partial charge in [-0.05, 0) is 6.92 Å². The largest absolute Gasteiger partial charge is 0.448 e. The number of hydrogen-bond acceptors (Lipinski definition) is 2. The van der Waals surface area contributed by atoms with E-state index in [1.165, 1.54) is 0 Å². The van der Waals surface area contributed by atoms with Gasteiger partial charge in [-0.1, -0.05) is 0 Å². The van der Waals surface area contributed by atoms with Gasteiger partial charge in [0.2, 0.25) is 0 Å². The van der Waals surface area contributed by atoms with Crippen molar-refractivity contribution >= 4 is 6.09 Å². The lowest BCUT2D eigenvalue weighted by Crippen LogP contribution is -2.00. The molecule has 0 aromatic rings. The van der Waals surface area contributed by atoms with Crippen molar-refractivity contribution in [3.05, 3.63) is 6.92 Å². The fourth-order valence-electron chi connectivity index (χ4n) is 0.0927. The second-order valence-electron chi connectivity index (χ2n) is 0.636. The second kappa shape index (κ2) is 2.50. The fraction of sp³-hybridized carbons (Fsp3) is 0.333. The summed E-state index contributed by atoms with van der Waals surface area (Å²) in [6.45, 7) is 3.21. The van der Waals surface area contributed by atoms with Crippen molar-refractivity contribution in [3.63, 3.8) is 0 Å². The van der Waals surface area contributed by atoms with Gasteiger partial charge >= 0.3 is 6.09 Å². The van der Waals surface area contributed by atoms with Gasteiger partial charge in [0, 0.05) is 0 Å². The van der Waals surface area contributed by atoms with Crippen LogP contribution in [0.5, 0.6) is 0 Å². The summed E-state index contributed by atoms with van der Waals surface area (Å²) in [5.74, 6) is 0. The normalized spacial score (nSPS) is 7.50. The Morgan fingerprint density at radius 2 is 2.50 bits per heavy atom. The van der Waals surface area contributed by atoms with Crippen molar-refractivity contribution in [1.82, 2.24) is 5.73 Å². The molecule has 0 rings (SSSR count). The van der Waals surface area contributed by atoms with Gasteiger partial charge in [-0.3, -0.25) is 0 Å². The smallest absolute Gasteiger partial charge is 0.426 e. The van der Waals surface area contributed by atoms with Gasteiger partial charge < -0.3 is 4.74 Å². The molecule has 0 aliphatic carbocycles. The van der Waals surface area contributed by atoms with E-state index in [1.807, 2.05) is 0 Å². The molecule has 0 spiro atoms. The highest BCUT2D eigenvalue weighted by Gasteiger charge is 1.84. The number of hydrogen-bond donors (Lipinski definition) is 0. The number of ether oxygens (including phenoxy) is 1. The average molecular weight is 87.1 g/mol. The molecule has 2 radical (unpaired) electrons. The number of amides is 1. The van der Waals surface area contributed by atoms with Gasteiger partial charge in [-0.15, -0.1) is 0 Å². The molecule has 0 atom stereocenters. The lowest BCUT2D eigenvalue weighted by molar-refractivity contribution is 0.167. The number of carbonyl (C=O) groups excluding carboxylic acids is 1. The topological polar surface area (TPSA) is 50.1 Å². The number of rotatable bonds is 1. The molecule has 0 aromatic carbocycles. The van der Waals surface area contributed by atoms with Crippen LogP contribution in [0.15, 0.2) is 0 Å². The fourth-order valence-corrected chi connectivity index (χ4v) is 0.0927. The first-order valence-corrected chi connectivity index (χ1v) is 1.45. The van der Waals surface area contributed by atoms with Crippen LogP contribution in [0.4, 0.5) is 4.79 Å². The Hall–Kier alpha value is -0.730. The molecule has 0 fully saturated rings. The van der Waals surface area contributed by atoms with Crippen LogP contribution >= 0.6 is 0 Å². The van der Waals surface area contributed by atoms with Gasteiger partial charge in [-0.2, -0.15) is 0 Å². The Balaban J connectivity index is 2.83. The van der Waals surface area contributed by atoms with Crippen LogP contribution in [0.3, 0.4) is 0 Å². The Labute approximate surface area is 36.1 Å². The van der Waals surface area contributed by atoms with Crippen molar-refractivity contribution in [2.75, 3.05) is 6.61 Å². The Morgan fingerprint density at radius 1 is 2.00 bits per heavy atom. The van der Waals surface area contributed by atoms with Gasteiger partial charge in [0.05, 0.1) is 6.61 Å². The van der Waals surface area contributed by atoms with E-state index in [0.29, 0.717) is 0 Å². The van der Waals surface area contributed by atoms with Crippen LogP contribution in [0.1, 0.15) is 0 Å². The highest BCUT2D eigenvalue weighted by molar-refractivity contribution is 5.63. The molecular weight excluding hydrogens is 82.0 g/mol. The van der Waals surface area contributed by atoms with E-state index >= 15 is 0 Å². The SMILES string of the molecule is [CH2]COC([NH])=O. The van der Waals surface area contributed by atoms with E-state index in [2.05, 4.69) is 11.7 Å². The number of carbonyl (C=O) groups is 1. The van der Waals surface area contributed by atoms with Crippen LogP contribution in [0.25, 0.3) is 0 Å². The highest BCUT2D eigenvalue weighted by Crippen LogP contribution is 1.67. The predicted octanol–water partition coefficient (Wildman–Crippen LogP) is 0.240. The summed E-state index contributed by atoms with van der Waals surface area (Å²) in [6, 6.07) is 0. The van der Waals surface area contributed by atoms with Crippen LogP contribution in [-0.4, -0.2) is 12.7 Å². The van der Waals surface area contributed by atoms with Gasteiger partial charge in [-0.25, -0.2) is 10.5 Å². The average Bonchev–Trinajstić information content (AvgIpc) is 1.35. The summed E-state index contributed by atoms with van der Waals surface area (Å²) in [4.78, 5) is 9.45. The standard InChI is InChI=1S/C3H5NO2/c1-2-6-3(4)5/h4H,1-2H2. The summed E-state index contributed by atoms with van der Waals surface area (Å²) < 4.78 is 3.96. The molecule has 3 heteroatoms. The summed E-state index contributed by atoms with van der Waals surface area (Å²) >= 11 is 0. The molecule has 0 aliphatic heterocycles. The van der Waals surface area contributed by atoms with E-state index in [9.17, 15) is 4.79 Å². The maximum absolute atomic E-state index is 9.45. The number of nitrogens with one attached hydrogen (secondary N) is 1. The van der Waals surface area contributed by atoms with E-state index < -0.39 is 6.09 Å². The molecule has 6 heavy (non-hydrogen) atoms. The minimum Gasteiger partial charge on any atom is -0.448 e. The van der Waals surface area contributed by atoms with Crippen LogP contribution in [0.2, 0.25) is 0 Å². The molecule has 0 saturated carbocycles. The zero-order valence-corrected chi connectivity index (χ0v) is 3.23. The molecule has 0 unspecified atom stereocenters. The minimum atomic E-state index is -1.02. The maximum atomic E-state index is 9.45. The summed E-state index contributed by atoms with van der Waals surface area (Å²) in [5, 5.41) is 0. The van der Waals surface area contributed by atoms with Crippen molar-refractivity contribution in [1.29, 1.82) is 0 Å². The molecule has 34 valence electrons. The minimum absolute atomic E-state index is 0.0440. The molecule has 0 aliphatic rings. The third-order valence-corrected chi connectivity index (χ3v) is 0.233. The van der Waals surface area contributed by atoms with Crippen molar-refractivity contribution in [2.45, 2.75) is 0 Å². The Kier molecular flexibility index (Phi) is 2.20. The van der Waals surface area contributed by atoms with E-state index in [-0.39, 0.29) is 6.61 Å². The molecule has 0 bridgehead atoms. The molecule has 1 N–H and O–H groups in total. The molecule has 3 nitrogen and oxygen atoms in total. The first-order chi connectivity index (χ1) is 2.77. The zero-order valence-electron chi connectivity index (χ0n) is 3.23. The van der Waals surface area contributed by atoms with Gasteiger partial charge in [0.1, 0.15) is 0 Å². The summed E-state index contributed by atoms with van der Waals surface area (Å²) in [5.41, 5.74) is 6.08. The van der Waals surface area contributed by atoms with Crippen LogP contribution < -0.4 is 5.73 Å². The quantitative estimate of drug-likeness (QED) is 0.460. The summed E-state index contributed by atoms with van der Waals surface area (Å²) in [7, 11) is 0. The molecular formula is C3H5NO2. The van der Waals surface area contributed by atoms with Gasteiger partial charge in [0.25, 0.3) is 0 Å². The maximum Gasteiger partial charge on any atom is 0.426 e. The molecule has 1 amide bonds.